The van der Waals surface area contributed by atoms with E-state index in [2.05, 4.69) is 52.6 Å². The van der Waals surface area contributed by atoms with Crippen LogP contribution >= 0.6 is 22.6 Å². The molecule has 78 valence electrons. The summed E-state index contributed by atoms with van der Waals surface area (Å²) in [4.78, 5) is 6.36. The van der Waals surface area contributed by atoms with Crippen LogP contribution in [0.25, 0.3) is 0 Å². The van der Waals surface area contributed by atoms with Gasteiger partial charge in [-0.15, -0.1) is 0 Å². The third-order valence-corrected chi connectivity index (χ3v) is 3.45. The number of rotatable bonds is 5. The summed E-state index contributed by atoms with van der Waals surface area (Å²) in [7, 11) is 4.23. The van der Waals surface area contributed by atoms with Crippen LogP contribution in [0, 0.1) is 0 Å². The Hall–Kier alpha value is -0.160. The van der Waals surface area contributed by atoms with E-state index in [0.717, 1.165) is 0 Å². The van der Waals surface area contributed by atoms with Crippen molar-refractivity contribution in [2.24, 2.45) is 0 Å². The van der Waals surface area contributed by atoms with E-state index in [1.54, 1.807) is 0 Å². The zero-order chi connectivity index (χ0) is 10.4. The van der Waals surface area contributed by atoms with Crippen molar-refractivity contribution < 1.29 is 0 Å². The normalized spacial score (nSPS) is 13.1. The first kappa shape index (κ1) is 11.9. The third kappa shape index (κ3) is 4.37. The molecule has 1 aromatic heterocycles. The maximum absolute atomic E-state index is 4.13. The Balaban J connectivity index is 2.32. The molecule has 0 spiro atoms. The van der Waals surface area contributed by atoms with Gasteiger partial charge < -0.3 is 4.90 Å². The molecule has 0 amide bonds. The van der Waals surface area contributed by atoms with E-state index in [9.17, 15) is 0 Å². The van der Waals surface area contributed by atoms with Gasteiger partial charge in [0.25, 0.3) is 0 Å². The molecule has 0 saturated heterocycles. The molecule has 14 heavy (non-hydrogen) atoms. The summed E-state index contributed by atoms with van der Waals surface area (Å²) in [6.07, 6.45) is 6.26. The molecule has 0 fully saturated rings. The van der Waals surface area contributed by atoms with Crippen LogP contribution in [0.5, 0.6) is 0 Å². The highest BCUT2D eigenvalue weighted by Gasteiger charge is 2.06. The van der Waals surface area contributed by atoms with Crippen LogP contribution in [-0.4, -0.2) is 30.5 Å². The van der Waals surface area contributed by atoms with Crippen LogP contribution in [0.1, 0.15) is 22.3 Å². The van der Waals surface area contributed by atoms with Crippen molar-refractivity contribution in [2.75, 3.05) is 20.6 Å². The number of aromatic nitrogens is 1. The predicted molar refractivity (Wildman–Crippen MR) is 68.8 cm³/mol. The first-order valence-electron chi connectivity index (χ1n) is 4.89. The van der Waals surface area contributed by atoms with E-state index in [0.29, 0.717) is 3.92 Å². The Bertz CT molecular complexity index is 249. The minimum Gasteiger partial charge on any atom is -0.309 e. The third-order valence-electron chi connectivity index (χ3n) is 2.11. The summed E-state index contributed by atoms with van der Waals surface area (Å²) < 4.78 is 0.598. The van der Waals surface area contributed by atoms with E-state index < -0.39 is 0 Å². The average molecular weight is 304 g/mol. The van der Waals surface area contributed by atoms with Crippen molar-refractivity contribution in [3.63, 3.8) is 0 Å². The lowest BCUT2D eigenvalue weighted by Gasteiger charge is -2.12. The summed E-state index contributed by atoms with van der Waals surface area (Å²) in [6.45, 7) is 1.17. The summed E-state index contributed by atoms with van der Waals surface area (Å²) in [5.74, 6) is 0. The second-order valence-electron chi connectivity index (χ2n) is 3.70. The van der Waals surface area contributed by atoms with Crippen LogP contribution < -0.4 is 0 Å². The minimum absolute atomic E-state index is 0.598. The first-order valence-corrected chi connectivity index (χ1v) is 6.13. The summed E-state index contributed by atoms with van der Waals surface area (Å²) >= 11 is 2.50. The Kier molecular flexibility index (Phi) is 5.40. The van der Waals surface area contributed by atoms with Gasteiger partial charge in [-0.1, -0.05) is 28.7 Å². The van der Waals surface area contributed by atoms with Gasteiger partial charge in [0.1, 0.15) is 0 Å². The number of alkyl halides is 1. The Morgan fingerprint density at radius 3 is 2.86 bits per heavy atom. The van der Waals surface area contributed by atoms with E-state index >= 15 is 0 Å². The fourth-order valence-electron chi connectivity index (χ4n) is 1.31. The lowest BCUT2D eigenvalue weighted by Crippen LogP contribution is -2.13. The molecule has 0 bridgehead atoms. The van der Waals surface area contributed by atoms with Crippen molar-refractivity contribution >= 4 is 22.6 Å². The number of halogens is 1. The molecule has 0 saturated carbocycles. The predicted octanol–water partition coefficient (Wildman–Crippen LogP) is 2.90. The van der Waals surface area contributed by atoms with Crippen LogP contribution in [0.4, 0.5) is 0 Å². The fourth-order valence-corrected chi connectivity index (χ4v) is 2.12. The Morgan fingerprint density at radius 2 is 2.29 bits per heavy atom. The van der Waals surface area contributed by atoms with Crippen molar-refractivity contribution in [3.05, 3.63) is 30.1 Å². The van der Waals surface area contributed by atoms with Gasteiger partial charge in [-0.2, -0.15) is 0 Å². The second-order valence-corrected chi connectivity index (χ2v) is 5.20. The maximum atomic E-state index is 4.13. The number of pyridine rings is 1. The number of nitrogens with zero attached hydrogens (tertiary/aromatic N) is 2. The van der Waals surface area contributed by atoms with Crippen molar-refractivity contribution in [2.45, 2.75) is 16.8 Å². The Morgan fingerprint density at radius 1 is 1.50 bits per heavy atom. The maximum Gasteiger partial charge on any atom is 0.0375 e. The highest BCUT2D eigenvalue weighted by Crippen LogP contribution is 2.27. The molecule has 0 aliphatic rings. The van der Waals surface area contributed by atoms with Gasteiger partial charge >= 0.3 is 0 Å². The Labute approximate surface area is 99.9 Å². The van der Waals surface area contributed by atoms with Gasteiger partial charge in [-0.25, -0.2) is 0 Å². The monoisotopic (exact) mass is 304 g/mol. The molecule has 1 atom stereocenters. The van der Waals surface area contributed by atoms with Gasteiger partial charge in [0.15, 0.2) is 0 Å². The molecule has 0 N–H and O–H groups in total. The largest absolute Gasteiger partial charge is 0.309 e. The lowest BCUT2D eigenvalue weighted by atomic mass is 10.1. The van der Waals surface area contributed by atoms with E-state index in [4.69, 9.17) is 0 Å². The number of hydrogen-bond acceptors (Lipinski definition) is 2. The van der Waals surface area contributed by atoms with Gasteiger partial charge in [-0.05, 0) is 45.1 Å². The summed E-state index contributed by atoms with van der Waals surface area (Å²) in [6, 6.07) is 4.16. The number of hydrogen-bond donors (Lipinski definition) is 0. The topological polar surface area (TPSA) is 16.1 Å². The highest BCUT2D eigenvalue weighted by atomic mass is 127. The van der Waals surface area contributed by atoms with E-state index in [1.165, 1.54) is 24.9 Å². The quantitative estimate of drug-likeness (QED) is 0.614. The van der Waals surface area contributed by atoms with Gasteiger partial charge in [0.05, 0.1) is 0 Å². The van der Waals surface area contributed by atoms with Crippen LogP contribution in [-0.2, 0) is 0 Å². The molecular formula is C11H17IN2. The molecule has 1 aromatic rings. The van der Waals surface area contributed by atoms with Crippen LogP contribution in [0.15, 0.2) is 24.5 Å². The van der Waals surface area contributed by atoms with Crippen molar-refractivity contribution in [1.29, 1.82) is 0 Å². The molecule has 0 aliphatic carbocycles. The SMILES string of the molecule is CN(C)CCC[C@H](I)c1cccnc1. The zero-order valence-electron chi connectivity index (χ0n) is 8.78. The van der Waals surface area contributed by atoms with Gasteiger partial charge in [-0.3, -0.25) is 4.98 Å². The van der Waals surface area contributed by atoms with Gasteiger partial charge in [0, 0.05) is 16.3 Å². The van der Waals surface area contributed by atoms with E-state index in [-0.39, 0.29) is 0 Å². The molecule has 0 unspecified atom stereocenters. The molecule has 3 heteroatoms. The summed E-state index contributed by atoms with van der Waals surface area (Å²) in [5, 5.41) is 0. The first-order chi connectivity index (χ1) is 6.70. The lowest BCUT2D eigenvalue weighted by molar-refractivity contribution is 0.394. The molecule has 0 radical (unpaired) electrons. The minimum atomic E-state index is 0.598. The smallest absolute Gasteiger partial charge is 0.0375 e. The zero-order valence-corrected chi connectivity index (χ0v) is 10.9. The molecule has 0 aromatic carbocycles. The fraction of sp³-hybridized carbons (Fsp3) is 0.545. The average Bonchev–Trinajstić information content (AvgIpc) is 2.18. The van der Waals surface area contributed by atoms with Crippen LogP contribution in [0.3, 0.4) is 0 Å². The molecule has 1 rings (SSSR count). The molecule has 0 aliphatic heterocycles. The molecule has 1 heterocycles. The van der Waals surface area contributed by atoms with E-state index in [1.807, 2.05) is 18.5 Å². The highest BCUT2D eigenvalue weighted by molar-refractivity contribution is 14.1. The second kappa shape index (κ2) is 6.35. The molecule has 2 nitrogen and oxygen atoms in total. The van der Waals surface area contributed by atoms with Crippen molar-refractivity contribution in [3.8, 4) is 0 Å². The summed E-state index contributed by atoms with van der Waals surface area (Å²) in [5.41, 5.74) is 1.34. The molecular weight excluding hydrogens is 287 g/mol. The van der Waals surface area contributed by atoms with Crippen LogP contribution in [0.2, 0.25) is 0 Å². The standard InChI is InChI=1S/C11H17IN2/c1-14(2)8-4-6-11(12)10-5-3-7-13-9-10/h3,5,7,9,11H,4,6,8H2,1-2H3/t11-/m0/s1. The van der Waals surface area contributed by atoms with Crippen molar-refractivity contribution in [1.82, 2.24) is 9.88 Å². The van der Waals surface area contributed by atoms with Gasteiger partial charge in [0.2, 0.25) is 0 Å².